The van der Waals surface area contributed by atoms with Crippen molar-refractivity contribution in [3.63, 3.8) is 0 Å². The topological polar surface area (TPSA) is 71.0 Å². The molecule has 0 amide bonds. The number of carboxylic acid groups (broad SMARTS) is 1. The van der Waals surface area contributed by atoms with Gasteiger partial charge in [-0.25, -0.2) is 4.79 Å². The molecule has 1 aromatic rings. The van der Waals surface area contributed by atoms with Crippen LogP contribution in [-0.2, 0) is 9.73 Å². The molecule has 0 spiro atoms. The number of rotatable bonds is 2. The second-order valence-electron chi connectivity index (χ2n) is 6.04. The van der Waals surface area contributed by atoms with Gasteiger partial charge in [-0.2, -0.15) is 0 Å². The Hall–Kier alpha value is -1.50. The Kier molecular flexibility index (Phi) is 3.71. The first kappa shape index (κ1) is 15.4. The van der Waals surface area contributed by atoms with Gasteiger partial charge in [-0.3, -0.25) is 0 Å². The van der Waals surface area contributed by atoms with Gasteiger partial charge in [0.15, 0.2) is 10.7 Å². The van der Waals surface area contributed by atoms with Crippen molar-refractivity contribution in [3.8, 4) is 5.75 Å². The third kappa shape index (κ3) is 2.62. The number of fused-ring (bicyclic) bond motifs is 1. The fourth-order valence-electron chi connectivity index (χ4n) is 3.03. The maximum absolute atomic E-state index is 11.7. The predicted molar refractivity (Wildman–Crippen MR) is 82.6 cm³/mol. The monoisotopic (exact) mass is 326 g/mol. The van der Waals surface area contributed by atoms with E-state index in [1.165, 1.54) is 0 Å². The molecule has 0 bridgehead atoms. The molecule has 0 saturated carbocycles. The van der Waals surface area contributed by atoms with Gasteiger partial charge in [-0.1, -0.05) is 11.6 Å². The Morgan fingerprint density at radius 1 is 1.41 bits per heavy atom. The van der Waals surface area contributed by atoms with Crippen LogP contribution >= 0.6 is 11.6 Å². The summed E-state index contributed by atoms with van der Waals surface area (Å²) in [4.78, 5) is 18.2. The van der Waals surface area contributed by atoms with E-state index in [0.717, 1.165) is 0 Å². The minimum atomic E-state index is -0.982. The number of carbonyl (C=O) groups is 1. The fourth-order valence-corrected chi connectivity index (χ4v) is 3.22. The van der Waals surface area contributed by atoms with E-state index in [2.05, 4.69) is 5.48 Å². The minimum absolute atomic E-state index is 0.0379. The number of anilines is 1. The molecule has 3 atom stereocenters. The molecule has 22 heavy (non-hydrogen) atoms. The Balaban J connectivity index is 2.06. The van der Waals surface area contributed by atoms with Crippen LogP contribution in [0, 0.1) is 0 Å². The van der Waals surface area contributed by atoms with Gasteiger partial charge in [0, 0.05) is 24.7 Å². The number of hydroxylamine groups is 1. The molecule has 0 aromatic heterocycles. The molecule has 6 nitrogen and oxygen atoms in total. The third-order valence-electron chi connectivity index (χ3n) is 3.95. The van der Waals surface area contributed by atoms with Gasteiger partial charge < -0.3 is 19.6 Å². The summed E-state index contributed by atoms with van der Waals surface area (Å²) in [6, 6.07) is 3.33. The lowest BCUT2D eigenvalue weighted by atomic mass is 10.0. The largest absolute Gasteiger partial charge is 0.478 e. The van der Waals surface area contributed by atoms with E-state index in [0.29, 0.717) is 30.1 Å². The van der Waals surface area contributed by atoms with Crippen molar-refractivity contribution in [1.29, 1.82) is 0 Å². The van der Waals surface area contributed by atoms with Crippen molar-refractivity contribution < 1.29 is 19.5 Å². The molecular weight excluding hydrogens is 308 g/mol. The molecule has 1 fully saturated rings. The highest BCUT2D eigenvalue weighted by Gasteiger charge is 2.37. The number of alkyl halides is 1. The smallest absolute Gasteiger partial charge is 0.337 e. The lowest BCUT2D eigenvalue weighted by molar-refractivity contribution is -0.00533. The summed E-state index contributed by atoms with van der Waals surface area (Å²) in [6.07, 6.45) is 0.0759. The summed E-state index contributed by atoms with van der Waals surface area (Å²) < 4.78 is 5.71. The molecule has 0 aliphatic carbocycles. The zero-order valence-electron chi connectivity index (χ0n) is 12.7. The van der Waals surface area contributed by atoms with Crippen molar-refractivity contribution in [2.75, 3.05) is 18.0 Å². The Labute approximate surface area is 133 Å². The first-order valence-electron chi connectivity index (χ1n) is 7.23. The molecule has 2 aliphatic rings. The Morgan fingerprint density at radius 3 is 2.64 bits per heavy atom. The molecule has 3 rings (SSSR count). The van der Waals surface area contributed by atoms with Gasteiger partial charge in [-0.15, -0.1) is 5.48 Å². The quantitative estimate of drug-likeness (QED) is 0.642. The number of hydrogen-bond acceptors (Lipinski definition) is 5. The number of halogens is 1. The molecule has 1 unspecified atom stereocenters. The van der Waals surface area contributed by atoms with Crippen molar-refractivity contribution in [2.24, 2.45) is 0 Å². The SMILES string of the molecule is C[C@@H]1CN(c2cc3c(cc2C(=O)O)C(C)(Cl)NO3)C[C@H](C)O1. The van der Waals surface area contributed by atoms with Crippen LogP contribution in [0.1, 0.15) is 36.7 Å². The van der Waals surface area contributed by atoms with Crippen molar-refractivity contribution >= 4 is 23.3 Å². The van der Waals surface area contributed by atoms with Crippen LogP contribution in [-0.4, -0.2) is 36.4 Å². The highest BCUT2D eigenvalue weighted by Crippen LogP contribution is 2.42. The number of benzene rings is 1. The summed E-state index contributed by atoms with van der Waals surface area (Å²) in [6.45, 7) is 6.95. The molecule has 2 aliphatic heterocycles. The van der Waals surface area contributed by atoms with Gasteiger partial charge in [0.1, 0.15) is 0 Å². The first-order chi connectivity index (χ1) is 10.3. The lowest BCUT2D eigenvalue weighted by Crippen LogP contribution is -2.46. The van der Waals surface area contributed by atoms with Crippen LogP contribution in [0.4, 0.5) is 5.69 Å². The van der Waals surface area contributed by atoms with E-state index in [1.807, 2.05) is 18.7 Å². The Morgan fingerprint density at radius 2 is 2.05 bits per heavy atom. The molecular formula is C15H19ClN2O4. The van der Waals surface area contributed by atoms with E-state index in [1.54, 1.807) is 19.1 Å². The van der Waals surface area contributed by atoms with E-state index in [4.69, 9.17) is 21.2 Å². The minimum Gasteiger partial charge on any atom is -0.478 e. The summed E-state index contributed by atoms with van der Waals surface area (Å²) >= 11 is 6.30. The zero-order valence-corrected chi connectivity index (χ0v) is 13.5. The average molecular weight is 327 g/mol. The van der Waals surface area contributed by atoms with Gasteiger partial charge in [0.25, 0.3) is 0 Å². The number of nitrogens with one attached hydrogen (secondary N) is 1. The van der Waals surface area contributed by atoms with Crippen LogP contribution in [0.5, 0.6) is 5.75 Å². The number of ether oxygens (including phenoxy) is 1. The lowest BCUT2D eigenvalue weighted by Gasteiger charge is -2.37. The molecule has 2 N–H and O–H groups in total. The number of nitrogens with zero attached hydrogens (tertiary/aromatic N) is 1. The van der Waals surface area contributed by atoms with E-state index in [-0.39, 0.29) is 17.8 Å². The van der Waals surface area contributed by atoms with Gasteiger partial charge >= 0.3 is 5.97 Å². The zero-order chi connectivity index (χ0) is 16.1. The molecule has 0 radical (unpaired) electrons. The van der Waals surface area contributed by atoms with Gasteiger partial charge in [0.2, 0.25) is 0 Å². The highest BCUT2D eigenvalue weighted by atomic mass is 35.5. The van der Waals surface area contributed by atoms with Gasteiger partial charge in [0.05, 0.1) is 23.5 Å². The van der Waals surface area contributed by atoms with E-state index >= 15 is 0 Å². The van der Waals surface area contributed by atoms with Crippen LogP contribution in [0.2, 0.25) is 0 Å². The first-order valence-corrected chi connectivity index (χ1v) is 7.61. The van der Waals surface area contributed by atoms with Crippen molar-refractivity contribution in [1.82, 2.24) is 5.48 Å². The Bertz CT molecular complexity index is 610. The third-order valence-corrected chi connectivity index (χ3v) is 4.23. The van der Waals surface area contributed by atoms with Crippen molar-refractivity contribution in [3.05, 3.63) is 23.3 Å². The molecule has 1 saturated heterocycles. The summed E-state index contributed by atoms with van der Waals surface area (Å²) in [5, 5.41) is 9.57. The number of morpholine rings is 1. The fraction of sp³-hybridized carbons (Fsp3) is 0.533. The van der Waals surface area contributed by atoms with Crippen LogP contribution in [0.25, 0.3) is 0 Å². The number of carboxylic acids is 1. The van der Waals surface area contributed by atoms with E-state index < -0.39 is 11.0 Å². The van der Waals surface area contributed by atoms with Crippen LogP contribution in [0.3, 0.4) is 0 Å². The van der Waals surface area contributed by atoms with E-state index in [9.17, 15) is 9.90 Å². The molecule has 2 heterocycles. The summed E-state index contributed by atoms with van der Waals surface area (Å²) in [5.41, 5.74) is 4.18. The van der Waals surface area contributed by atoms with Crippen LogP contribution < -0.4 is 15.2 Å². The number of hydrogen-bond donors (Lipinski definition) is 2. The predicted octanol–water partition coefficient (Wildman–Crippen LogP) is 2.31. The van der Waals surface area contributed by atoms with Crippen LogP contribution in [0.15, 0.2) is 12.1 Å². The standard InChI is InChI=1S/C15H19ClN2O4/c1-8-6-18(7-9(2)21-8)12-5-13-11(4-10(12)14(19)20)15(3,16)17-22-13/h4-5,8-9,17H,6-7H2,1-3H3,(H,19,20)/t8-,9+,15?. The molecule has 7 heteroatoms. The highest BCUT2D eigenvalue weighted by molar-refractivity contribution is 6.24. The second-order valence-corrected chi connectivity index (χ2v) is 6.80. The van der Waals surface area contributed by atoms with Gasteiger partial charge in [-0.05, 0) is 26.8 Å². The second kappa shape index (κ2) is 5.30. The number of aromatic carboxylic acids is 1. The molecule has 1 aromatic carbocycles. The maximum atomic E-state index is 11.7. The summed E-state index contributed by atoms with van der Waals surface area (Å²) in [5.74, 6) is -0.423. The normalized spacial score (nSPS) is 30.8. The maximum Gasteiger partial charge on any atom is 0.337 e. The van der Waals surface area contributed by atoms with Crippen molar-refractivity contribution in [2.45, 2.75) is 38.0 Å². The molecule has 120 valence electrons. The average Bonchev–Trinajstić information content (AvgIpc) is 2.71. The summed E-state index contributed by atoms with van der Waals surface area (Å²) in [7, 11) is 0.